The average Bonchev–Trinajstić information content (AvgIpc) is 2.84. The summed E-state index contributed by atoms with van der Waals surface area (Å²) in [6.45, 7) is 1.89. The van der Waals surface area contributed by atoms with Crippen LogP contribution in [0.15, 0.2) is 84.9 Å². The summed E-state index contributed by atoms with van der Waals surface area (Å²) in [6.07, 6.45) is 0.310. The molecule has 0 saturated heterocycles. The van der Waals surface area contributed by atoms with Crippen LogP contribution in [0.1, 0.15) is 39.9 Å². The molecule has 0 aliphatic carbocycles. The molecule has 33 heavy (non-hydrogen) atoms. The number of benzene rings is 4. The van der Waals surface area contributed by atoms with Crippen LogP contribution in [0.2, 0.25) is 0 Å². The van der Waals surface area contributed by atoms with Crippen molar-refractivity contribution in [2.24, 2.45) is 0 Å². The Labute approximate surface area is 192 Å². The minimum absolute atomic E-state index is 0.146. The highest BCUT2D eigenvalue weighted by Gasteiger charge is 2.21. The van der Waals surface area contributed by atoms with Crippen molar-refractivity contribution in [3.8, 4) is 5.75 Å². The molecular formula is C28H25NO4. The molecule has 4 aromatic rings. The molecule has 5 heteroatoms. The number of aromatic carboxylic acids is 1. The van der Waals surface area contributed by atoms with E-state index in [0.29, 0.717) is 23.4 Å². The van der Waals surface area contributed by atoms with Crippen LogP contribution >= 0.6 is 0 Å². The Morgan fingerprint density at radius 2 is 1.61 bits per heavy atom. The lowest BCUT2D eigenvalue weighted by atomic mass is 9.93. The standard InChI is InChI=1S/C28H25NO4/c1-18(21-14-7-11-19-9-3-5-12-22(19)21)27(30)29-25-15-8-16-26(33-2)24(25)17-20-10-4-6-13-23(20)28(31)32/h3-16,18H,17H2,1-2H3,(H,29,30)(H,31,32). The largest absolute Gasteiger partial charge is 0.496 e. The molecule has 1 amide bonds. The molecule has 1 atom stereocenters. The van der Waals surface area contributed by atoms with Gasteiger partial charge in [-0.05, 0) is 47.0 Å². The molecule has 4 aromatic carbocycles. The third-order valence-electron chi connectivity index (χ3n) is 5.91. The molecule has 0 aliphatic rings. The zero-order chi connectivity index (χ0) is 23.4. The van der Waals surface area contributed by atoms with Gasteiger partial charge in [0.2, 0.25) is 5.91 Å². The molecule has 0 fully saturated rings. The summed E-state index contributed by atoms with van der Waals surface area (Å²) in [5.74, 6) is -0.935. The minimum Gasteiger partial charge on any atom is -0.496 e. The molecule has 0 bridgehead atoms. The summed E-state index contributed by atoms with van der Waals surface area (Å²) in [7, 11) is 1.56. The molecule has 0 saturated carbocycles. The number of hydrogen-bond donors (Lipinski definition) is 2. The predicted molar refractivity (Wildman–Crippen MR) is 130 cm³/mol. The molecular weight excluding hydrogens is 414 g/mol. The van der Waals surface area contributed by atoms with Gasteiger partial charge in [0.25, 0.3) is 0 Å². The van der Waals surface area contributed by atoms with Gasteiger partial charge in [0.15, 0.2) is 0 Å². The second-order valence-corrected chi connectivity index (χ2v) is 7.90. The third-order valence-corrected chi connectivity index (χ3v) is 5.91. The van der Waals surface area contributed by atoms with E-state index < -0.39 is 5.97 Å². The number of hydrogen-bond acceptors (Lipinski definition) is 3. The molecule has 1 unspecified atom stereocenters. The van der Waals surface area contributed by atoms with Crippen LogP contribution in [0.5, 0.6) is 5.75 Å². The summed E-state index contributed by atoms with van der Waals surface area (Å²) >= 11 is 0. The van der Waals surface area contributed by atoms with Crippen LogP contribution in [0.25, 0.3) is 10.8 Å². The number of amides is 1. The molecule has 4 rings (SSSR count). The van der Waals surface area contributed by atoms with Gasteiger partial charge in [-0.1, -0.05) is 66.7 Å². The van der Waals surface area contributed by atoms with Crippen LogP contribution < -0.4 is 10.1 Å². The van der Waals surface area contributed by atoms with E-state index in [1.165, 1.54) is 0 Å². The summed E-state index contributed by atoms with van der Waals surface area (Å²) in [5.41, 5.74) is 3.15. The Kier molecular flexibility index (Phi) is 6.41. The third kappa shape index (κ3) is 4.58. The van der Waals surface area contributed by atoms with Gasteiger partial charge in [-0.15, -0.1) is 0 Å². The molecule has 2 N–H and O–H groups in total. The summed E-state index contributed by atoms with van der Waals surface area (Å²) in [5, 5.41) is 14.8. The average molecular weight is 440 g/mol. The fraction of sp³-hybridized carbons (Fsp3) is 0.143. The zero-order valence-corrected chi connectivity index (χ0v) is 18.5. The van der Waals surface area contributed by atoms with Gasteiger partial charge in [-0.25, -0.2) is 4.79 Å². The van der Waals surface area contributed by atoms with E-state index in [2.05, 4.69) is 5.32 Å². The number of carbonyl (C=O) groups is 2. The maximum atomic E-state index is 13.3. The van der Waals surface area contributed by atoms with E-state index in [9.17, 15) is 14.7 Å². The van der Waals surface area contributed by atoms with Gasteiger partial charge >= 0.3 is 5.97 Å². The number of rotatable bonds is 7. The number of carbonyl (C=O) groups excluding carboxylic acids is 1. The molecule has 0 heterocycles. The number of fused-ring (bicyclic) bond motifs is 1. The van der Waals surface area contributed by atoms with Crippen molar-refractivity contribution < 1.29 is 19.4 Å². The van der Waals surface area contributed by atoms with Gasteiger partial charge in [-0.3, -0.25) is 4.79 Å². The molecule has 5 nitrogen and oxygen atoms in total. The maximum absolute atomic E-state index is 13.3. The fourth-order valence-corrected chi connectivity index (χ4v) is 4.14. The lowest BCUT2D eigenvalue weighted by Crippen LogP contribution is -2.20. The fourth-order valence-electron chi connectivity index (χ4n) is 4.14. The topological polar surface area (TPSA) is 75.6 Å². The maximum Gasteiger partial charge on any atom is 0.335 e. The minimum atomic E-state index is -0.990. The molecule has 0 spiro atoms. The van der Waals surface area contributed by atoms with Crippen molar-refractivity contribution in [1.82, 2.24) is 0 Å². The Hall–Kier alpha value is -4.12. The number of nitrogens with one attached hydrogen (secondary N) is 1. The molecule has 0 aliphatic heterocycles. The zero-order valence-electron chi connectivity index (χ0n) is 18.5. The normalized spacial score (nSPS) is 11.7. The van der Waals surface area contributed by atoms with E-state index in [4.69, 9.17) is 4.74 Å². The highest BCUT2D eigenvalue weighted by Crippen LogP contribution is 2.32. The lowest BCUT2D eigenvalue weighted by molar-refractivity contribution is -0.117. The van der Waals surface area contributed by atoms with Crippen LogP contribution in [0.3, 0.4) is 0 Å². The summed E-state index contributed by atoms with van der Waals surface area (Å²) in [4.78, 5) is 25.0. The molecule has 0 aromatic heterocycles. The first-order chi connectivity index (χ1) is 16.0. The van der Waals surface area contributed by atoms with Gasteiger partial charge < -0.3 is 15.2 Å². The van der Waals surface area contributed by atoms with Gasteiger partial charge in [-0.2, -0.15) is 0 Å². The van der Waals surface area contributed by atoms with Crippen LogP contribution in [-0.4, -0.2) is 24.1 Å². The monoisotopic (exact) mass is 439 g/mol. The SMILES string of the molecule is COc1cccc(NC(=O)C(C)c2cccc3ccccc23)c1Cc1ccccc1C(=O)O. The van der Waals surface area contributed by atoms with Crippen molar-refractivity contribution in [2.75, 3.05) is 12.4 Å². The van der Waals surface area contributed by atoms with E-state index in [-0.39, 0.29) is 17.4 Å². The first kappa shape index (κ1) is 22.1. The van der Waals surface area contributed by atoms with Crippen molar-refractivity contribution in [1.29, 1.82) is 0 Å². The number of carboxylic acid groups (broad SMARTS) is 1. The highest BCUT2D eigenvalue weighted by atomic mass is 16.5. The Balaban J connectivity index is 1.67. The number of carboxylic acids is 1. The van der Waals surface area contributed by atoms with Crippen molar-refractivity contribution in [3.05, 3.63) is 107 Å². The number of ether oxygens (including phenoxy) is 1. The van der Waals surface area contributed by atoms with E-state index in [1.54, 1.807) is 31.4 Å². The first-order valence-corrected chi connectivity index (χ1v) is 10.7. The Bertz CT molecular complexity index is 1320. The van der Waals surface area contributed by atoms with Crippen LogP contribution in [0.4, 0.5) is 5.69 Å². The van der Waals surface area contributed by atoms with Gasteiger partial charge in [0, 0.05) is 17.7 Å². The van der Waals surface area contributed by atoms with Crippen molar-refractivity contribution in [3.63, 3.8) is 0 Å². The second-order valence-electron chi connectivity index (χ2n) is 7.90. The Morgan fingerprint density at radius 3 is 2.39 bits per heavy atom. The summed E-state index contributed by atoms with van der Waals surface area (Å²) in [6, 6.07) is 26.3. The van der Waals surface area contributed by atoms with E-state index >= 15 is 0 Å². The number of anilines is 1. The van der Waals surface area contributed by atoms with Crippen molar-refractivity contribution >= 4 is 28.3 Å². The molecule has 0 radical (unpaired) electrons. The van der Waals surface area contributed by atoms with E-state index in [1.807, 2.05) is 67.6 Å². The van der Waals surface area contributed by atoms with Gasteiger partial charge in [0.05, 0.1) is 18.6 Å². The first-order valence-electron chi connectivity index (χ1n) is 10.7. The van der Waals surface area contributed by atoms with E-state index in [0.717, 1.165) is 21.9 Å². The lowest BCUT2D eigenvalue weighted by Gasteiger charge is -2.19. The Morgan fingerprint density at radius 1 is 0.909 bits per heavy atom. The van der Waals surface area contributed by atoms with Crippen LogP contribution in [0, 0.1) is 0 Å². The van der Waals surface area contributed by atoms with Crippen molar-refractivity contribution in [2.45, 2.75) is 19.3 Å². The smallest absolute Gasteiger partial charge is 0.335 e. The van der Waals surface area contributed by atoms with Gasteiger partial charge in [0.1, 0.15) is 5.75 Å². The highest BCUT2D eigenvalue weighted by molar-refractivity contribution is 6.00. The van der Waals surface area contributed by atoms with Crippen LogP contribution in [-0.2, 0) is 11.2 Å². The molecule has 166 valence electrons. The number of methoxy groups -OCH3 is 1. The quantitative estimate of drug-likeness (QED) is 0.377. The predicted octanol–water partition coefficient (Wildman–Crippen LogP) is 5.88. The summed E-state index contributed by atoms with van der Waals surface area (Å²) < 4.78 is 5.54. The second kappa shape index (κ2) is 9.57.